The highest BCUT2D eigenvalue weighted by Crippen LogP contribution is 2.28. The third-order valence-electron chi connectivity index (χ3n) is 5.76. The maximum absolute atomic E-state index is 12.6. The molecule has 35 heavy (non-hydrogen) atoms. The number of nitrogens with one attached hydrogen (secondary N) is 1. The molecule has 0 bridgehead atoms. The van der Waals surface area contributed by atoms with Crippen LogP contribution in [-0.4, -0.2) is 39.4 Å². The highest BCUT2D eigenvalue weighted by molar-refractivity contribution is 5.95. The van der Waals surface area contributed by atoms with Gasteiger partial charge in [-0.1, -0.05) is 54.6 Å². The molecule has 1 atom stereocenters. The summed E-state index contributed by atoms with van der Waals surface area (Å²) in [7, 11) is 0. The van der Waals surface area contributed by atoms with E-state index in [0.29, 0.717) is 25.8 Å². The van der Waals surface area contributed by atoms with Gasteiger partial charge in [-0.3, -0.25) is 4.79 Å². The lowest BCUT2D eigenvalue weighted by atomic mass is 10.0. The molecule has 0 unspecified atom stereocenters. The largest absolute Gasteiger partial charge is 0.480 e. The first kappa shape index (κ1) is 23.9. The summed E-state index contributed by atoms with van der Waals surface area (Å²) in [6, 6.07) is 23.0. The number of benzene rings is 3. The summed E-state index contributed by atoms with van der Waals surface area (Å²) >= 11 is 0. The minimum atomic E-state index is -1.06. The monoisotopic (exact) mass is 468 g/mol. The van der Waals surface area contributed by atoms with Crippen LogP contribution in [-0.2, 0) is 9.59 Å². The highest BCUT2D eigenvalue weighted by atomic mass is 16.4. The molecule has 0 aliphatic heterocycles. The number of aliphatic carboxylic acids is 1. The summed E-state index contributed by atoms with van der Waals surface area (Å²) in [6.45, 7) is 0.489. The van der Waals surface area contributed by atoms with Crippen molar-refractivity contribution in [3.05, 3.63) is 90.6 Å². The molecule has 1 aromatic heterocycles. The van der Waals surface area contributed by atoms with Crippen LogP contribution in [0.15, 0.2) is 85.1 Å². The molecule has 0 fully saturated rings. The number of rotatable bonds is 10. The zero-order chi connectivity index (χ0) is 24.6. The van der Waals surface area contributed by atoms with Crippen molar-refractivity contribution in [1.82, 2.24) is 15.1 Å². The summed E-state index contributed by atoms with van der Waals surface area (Å²) < 4.78 is 1.77. The SMILES string of the molecule is NCCCC[C@H](NC(=O)/C=C/c1cn(-c2ccccc2)nc1-c1ccc2ccccc2c1)C(=O)O. The number of hydrogen-bond donors (Lipinski definition) is 3. The Morgan fingerprint density at radius 3 is 2.49 bits per heavy atom. The minimum absolute atomic E-state index is 0.334. The van der Waals surface area contributed by atoms with Gasteiger partial charge in [-0.2, -0.15) is 5.10 Å². The number of carboxylic acid groups (broad SMARTS) is 1. The first-order chi connectivity index (χ1) is 17.0. The number of amides is 1. The molecule has 0 aliphatic rings. The maximum atomic E-state index is 12.6. The molecule has 178 valence electrons. The number of nitrogens with two attached hydrogens (primary N) is 1. The number of aromatic nitrogens is 2. The summed E-state index contributed by atoms with van der Waals surface area (Å²) in [4.78, 5) is 24.1. The van der Waals surface area contributed by atoms with Crippen molar-refractivity contribution in [1.29, 1.82) is 0 Å². The lowest BCUT2D eigenvalue weighted by Crippen LogP contribution is -2.39. The molecule has 7 heteroatoms. The number of fused-ring (bicyclic) bond motifs is 1. The van der Waals surface area contributed by atoms with E-state index in [1.54, 1.807) is 10.8 Å². The van der Waals surface area contributed by atoms with Gasteiger partial charge in [0.15, 0.2) is 0 Å². The predicted octanol–water partition coefficient (Wildman–Crippen LogP) is 4.40. The van der Waals surface area contributed by atoms with Gasteiger partial charge in [0.05, 0.1) is 11.4 Å². The Morgan fingerprint density at radius 2 is 1.74 bits per heavy atom. The molecule has 3 aromatic carbocycles. The number of hydrogen-bond acceptors (Lipinski definition) is 4. The lowest BCUT2D eigenvalue weighted by molar-refractivity contribution is -0.141. The van der Waals surface area contributed by atoms with Gasteiger partial charge in [0.2, 0.25) is 5.91 Å². The summed E-state index contributed by atoms with van der Waals surface area (Å²) in [5.74, 6) is -1.53. The Balaban J connectivity index is 1.63. The highest BCUT2D eigenvalue weighted by Gasteiger charge is 2.18. The lowest BCUT2D eigenvalue weighted by Gasteiger charge is -2.12. The topological polar surface area (TPSA) is 110 Å². The van der Waals surface area contributed by atoms with E-state index in [4.69, 9.17) is 10.8 Å². The maximum Gasteiger partial charge on any atom is 0.326 e. The van der Waals surface area contributed by atoms with E-state index in [0.717, 1.165) is 33.3 Å². The standard InChI is InChI=1S/C28H28N4O3/c29-17-7-6-12-25(28(34)35)30-26(33)16-15-23-19-32(24-10-2-1-3-11-24)31-27(23)22-14-13-20-8-4-5-9-21(20)18-22/h1-5,8-11,13-16,18-19,25H,6-7,12,17,29H2,(H,30,33)(H,34,35)/b16-15+/t25-/m0/s1. The van der Waals surface area contributed by atoms with Gasteiger partial charge >= 0.3 is 5.97 Å². The van der Waals surface area contributed by atoms with Gasteiger partial charge < -0.3 is 16.2 Å². The second-order valence-corrected chi connectivity index (χ2v) is 8.29. The molecule has 4 aromatic rings. The molecular formula is C28H28N4O3. The van der Waals surface area contributed by atoms with Crippen LogP contribution in [0.2, 0.25) is 0 Å². The van der Waals surface area contributed by atoms with Crippen LogP contribution in [0.5, 0.6) is 0 Å². The average molecular weight is 469 g/mol. The van der Waals surface area contributed by atoms with E-state index in [1.165, 1.54) is 6.08 Å². The number of carbonyl (C=O) groups is 2. The molecule has 0 spiro atoms. The number of nitrogens with zero attached hydrogens (tertiary/aromatic N) is 2. The Hall–Kier alpha value is -4.23. The molecule has 0 saturated carbocycles. The van der Waals surface area contributed by atoms with E-state index in [9.17, 15) is 14.7 Å². The van der Waals surface area contributed by atoms with Crippen LogP contribution in [0.1, 0.15) is 24.8 Å². The summed E-state index contributed by atoms with van der Waals surface area (Å²) in [5.41, 5.74) is 8.77. The van der Waals surface area contributed by atoms with Crippen molar-refractivity contribution in [3.63, 3.8) is 0 Å². The smallest absolute Gasteiger partial charge is 0.326 e. The van der Waals surface area contributed by atoms with Gasteiger partial charge in [-0.05, 0) is 60.9 Å². The zero-order valence-electron chi connectivity index (χ0n) is 19.3. The van der Waals surface area contributed by atoms with Crippen LogP contribution in [0.3, 0.4) is 0 Å². The quantitative estimate of drug-likeness (QED) is 0.236. The molecule has 7 nitrogen and oxygen atoms in total. The molecule has 1 heterocycles. The van der Waals surface area contributed by atoms with Crippen molar-refractivity contribution in [2.75, 3.05) is 6.54 Å². The first-order valence-corrected chi connectivity index (χ1v) is 11.6. The second-order valence-electron chi connectivity index (χ2n) is 8.29. The van der Waals surface area contributed by atoms with Crippen molar-refractivity contribution < 1.29 is 14.7 Å². The molecule has 0 saturated heterocycles. The normalized spacial score (nSPS) is 12.1. The van der Waals surface area contributed by atoms with Gasteiger partial charge in [-0.15, -0.1) is 0 Å². The Kier molecular flexibility index (Phi) is 7.70. The van der Waals surface area contributed by atoms with Crippen LogP contribution in [0.4, 0.5) is 0 Å². The molecule has 0 aliphatic carbocycles. The molecule has 0 radical (unpaired) electrons. The van der Waals surface area contributed by atoms with Crippen molar-refractivity contribution in [2.45, 2.75) is 25.3 Å². The van der Waals surface area contributed by atoms with Crippen molar-refractivity contribution in [3.8, 4) is 16.9 Å². The van der Waals surface area contributed by atoms with Crippen LogP contribution in [0, 0.1) is 0 Å². The van der Waals surface area contributed by atoms with E-state index < -0.39 is 17.9 Å². The Bertz CT molecular complexity index is 1340. The zero-order valence-corrected chi connectivity index (χ0v) is 19.3. The van der Waals surface area contributed by atoms with Crippen LogP contribution >= 0.6 is 0 Å². The van der Waals surface area contributed by atoms with Gasteiger partial charge in [0.1, 0.15) is 6.04 Å². The third kappa shape index (κ3) is 6.02. The Labute approximate surface area is 203 Å². The third-order valence-corrected chi connectivity index (χ3v) is 5.76. The Morgan fingerprint density at radius 1 is 1.00 bits per heavy atom. The second kappa shape index (κ2) is 11.3. The van der Waals surface area contributed by atoms with Gasteiger partial charge in [-0.25, -0.2) is 9.48 Å². The minimum Gasteiger partial charge on any atom is -0.480 e. The van der Waals surface area contributed by atoms with Crippen LogP contribution in [0.25, 0.3) is 33.8 Å². The van der Waals surface area contributed by atoms with E-state index in [2.05, 4.69) is 17.4 Å². The van der Waals surface area contributed by atoms with E-state index >= 15 is 0 Å². The fraction of sp³-hybridized carbons (Fsp3) is 0.179. The van der Waals surface area contributed by atoms with Crippen molar-refractivity contribution >= 4 is 28.7 Å². The fourth-order valence-electron chi connectivity index (χ4n) is 3.92. The summed E-state index contributed by atoms with van der Waals surface area (Å²) in [6.07, 6.45) is 6.57. The molecular weight excluding hydrogens is 440 g/mol. The fourth-order valence-corrected chi connectivity index (χ4v) is 3.92. The number of carboxylic acids is 1. The van der Waals surface area contributed by atoms with Gasteiger partial charge in [0, 0.05) is 23.4 Å². The number of carbonyl (C=O) groups excluding carboxylic acids is 1. The van der Waals surface area contributed by atoms with E-state index in [-0.39, 0.29) is 0 Å². The molecule has 1 amide bonds. The summed E-state index contributed by atoms with van der Waals surface area (Å²) in [5, 5.41) is 19.0. The first-order valence-electron chi connectivity index (χ1n) is 11.6. The predicted molar refractivity (Wildman–Crippen MR) is 138 cm³/mol. The van der Waals surface area contributed by atoms with Crippen LogP contribution < -0.4 is 11.1 Å². The van der Waals surface area contributed by atoms with E-state index in [1.807, 2.05) is 66.9 Å². The number of para-hydroxylation sites is 1. The number of unbranched alkanes of at least 4 members (excludes halogenated alkanes) is 1. The van der Waals surface area contributed by atoms with Crippen molar-refractivity contribution in [2.24, 2.45) is 5.73 Å². The van der Waals surface area contributed by atoms with Gasteiger partial charge in [0.25, 0.3) is 0 Å². The molecule has 4 N–H and O–H groups in total. The average Bonchev–Trinajstić information content (AvgIpc) is 3.31. The molecule has 4 rings (SSSR count).